The smallest absolute Gasteiger partial charge is 0.416 e. The van der Waals surface area contributed by atoms with Crippen molar-refractivity contribution in [3.63, 3.8) is 0 Å². The lowest BCUT2D eigenvalue weighted by molar-refractivity contribution is -0.137. The zero-order valence-corrected chi connectivity index (χ0v) is 15.0. The van der Waals surface area contributed by atoms with Gasteiger partial charge < -0.3 is 4.42 Å². The van der Waals surface area contributed by atoms with Crippen LogP contribution in [0, 0.1) is 11.3 Å². The second-order valence-electron chi connectivity index (χ2n) is 4.84. The van der Waals surface area contributed by atoms with Gasteiger partial charge in [-0.25, -0.2) is 4.68 Å². The fourth-order valence-corrected chi connectivity index (χ4v) is 3.32. The molecule has 2 aromatic heterocycles. The Kier molecular flexibility index (Phi) is 4.58. The maximum atomic E-state index is 12.8. The average molecular weight is 451 g/mol. The molecule has 3 rings (SSSR count). The molecule has 0 N–H and O–H groups in total. The molecule has 2 heterocycles. The molecule has 0 atom stereocenters. The minimum atomic E-state index is -4.58. The van der Waals surface area contributed by atoms with E-state index in [1.54, 1.807) is 6.07 Å². The molecule has 3 aromatic rings. The predicted molar refractivity (Wildman–Crippen MR) is 88.7 cm³/mol. The highest BCUT2D eigenvalue weighted by atomic mass is 79.9. The minimum Gasteiger partial charge on any atom is -0.457 e. The zero-order valence-electron chi connectivity index (χ0n) is 11.9. The number of aromatic nitrogens is 2. The first-order chi connectivity index (χ1) is 11.7. The summed E-state index contributed by atoms with van der Waals surface area (Å²) in [5, 5.41) is 12.8. The van der Waals surface area contributed by atoms with Gasteiger partial charge in [-0.15, -0.1) is 0 Å². The van der Waals surface area contributed by atoms with E-state index in [1.165, 1.54) is 12.5 Å². The van der Waals surface area contributed by atoms with E-state index in [1.807, 2.05) is 6.07 Å². The minimum absolute atomic E-state index is 0.0362. The number of nitrogens with zero attached hydrogens (tertiary/aromatic N) is 3. The van der Waals surface area contributed by atoms with Gasteiger partial charge in [0, 0.05) is 17.3 Å². The van der Waals surface area contributed by atoms with Crippen LogP contribution in [0.25, 0.3) is 16.8 Å². The number of hydrogen-bond acceptors (Lipinski definition) is 3. The van der Waals surface area contributed by atoms with Gasteiger partial charge in [0.1, 0.15) is 11.8 Å². The number of halogens is 6. The number of rotatable bonds is 2. The summed E-state index contributed by atoms with van der Waals surface area (Å²) in [7, 11) is 0. The van der Waals surface area contributed by atoms with Crippen molar-refractivity contribution >= 4 is 39.1 Å². The molecule has 25 heavy (non-hydrogen) atoms. The highest BCUT2D eigenvalue weighted by molar-refractivity contribution is 9.10. The summed E-state index contributed by atoms with van der Waals surface area (Å²) >= 11 is 15.2. The van der Waals surface area contributed by atoms with Gasteiger partial charge in [-0.3, -0.25) is 0 Å². The summed E-state index contributed by atoms with van der Waals surface area (Å²) in [4.78, 5) is 0. The Morgan fingerprint density at radius 3 is 2.32 bits per heavy atom. The molecular weight excluding hydrogens is 446 g/mol. The highest BCUT2D eigenvalue weighted by Gasteiger charge is 2.32. The molecule has 0 saturated heterocycles. The van der Waals surface area contributed by atoms with Crippen LogP contribution in [0.3, 0.4) is 0 Å². The van der Waals surface area contributed by atoms with Gasteiger partial charge in [-0.05, 0) is 34.1 Å². The fourth-order valence-electron chi connectivity index (χ4n) is 2.20. The standard InChI is InChI=1S/C15H5BrCl2F3N3O/c16-14-8(1-2-25-14)9-6-24(23-12(9)5-22)13-10(17)3-7(4-11(13)18)15(19,20)21/h1-4,6H. The summed E-state index contributed by atoms with van der Waals surface area (Å²) in [6.45, 7) is 0. The van der Waals surface area contributed by atoms with E-state index < -0.39 is 11.7 Å². The zero-order chi connectivity index (χ0) is 18.4. The Labute approximate surface area is 157 Å². The predicted octanol–water partition coefficient (Wildman–Crippen LogP) is 6.09. The number of furan rings is 1. The van der Waals surface area contributed by atoms with Gasteiger partial charge >= 0.3 is 6.18 Å². The summed E-state index contributed by atoms with van der Waals surface area (Å²) in [5.41, 5.74) is 0.0710. The summed E-state index contributed by atoms with van der Waals surface area (Å²) in [6.07, 6.45) is -1.73. The third-order valence-electron chi connectivity index (χ3n) is 3.30. The van der Waals surface area contributed by atoms with E-state index in [0.29, 0.717) is 15.8 Å². The monoisotopic (exact) mass is 449 g/mol. The molecule has 10 heteroatoms. The first-order valence-electron chi connectivity index (χ1n) is 6.52. The first-order valence-corrected chi connectivity index (χ1v) is 8.07. The molecule has 0 spiro atoms. The molecule has 4 nitrogen and oxygen atoms in total. The summed E-state index contributed by atoms with van der Waals surface area (Å²) in [6, 6.07) is 5.04. The van der Waals surface area contributed by atoms with E-state index in [9.17, 15) is 18.4 Å². The molecule has 0 aliphatic rings. The highest BCUT2D eigenvalue weighted by Crippen LogP contribution is 2.38. The van der Waals surface area contributed by atoms with Crippen LogP contribution >= 0.6 is 39.1 Å². The van der Waals surface area contributed by atoms with Crippen LogP contribution in [0.5, 0.6) is 0 Å². The fraction of sp³-hybridized carbons (Fsp3) is 0.0667. The first kappa shape index (κ1) is 17.9. The molecule has 0 bridgehead atoms. The lowest BCUT2D eigenvalue weighted by Crippen LogP contribution is -2.07. The summed E-state index contributed by atoms with van der Waals surface area (Å²) in [5.74, 6) is 0. The molecule has 1 aromatic carbocycles. The van der Waals surface area contributed by atoms with Crippen molar-refractivity contribution in [3.8, 4) is 22.9 Å². The van der Waals surface area contributed by atoms with Gasteiger partial charge in [0.05, 0.1) is 21.9 Å². The normalized spacial score (nSPS) is 11.6. The van der Waals surface area contributed by atoms with Crippen LogP contribution in [0.4, 0.5) is 13.2 Å². The van der Waals surface area contributed by atoms with Crippen LogP contribution < -0.4 is 0 Å². The van der Waals surface area contributed by atoms with Crippen molar-refractivity contribution in [1.82, 2.24) is 9.78 Å². The second-order valence-corrected chi connectivity index (χ2v) is 6.38. The molecule has 0 aliphatic heterocycles. The molecular formula is C15H5BrCl2F3N3O. The molecule has 128 valence electrons. The lowest BCUT2D eigenvalue weighted by atomic mass is 10.1. The van der Waals surface area contributed by atoms with E-state index in [4.69, 9.17) is 27.6 Å². The van der Waals surface area contributed by atoms with Gasteiger partial charge in [-0.1, -0.05) is 23.2 Å². The van der Waals surface area contributed by atoms with Crippen molar-refractivity contribution in [3.05, 3.63) is 56.6 Å². The van der Waals surface area contributed by atoms with Gasteiger partial charge in [0.2, 0.25) is 0 Å². The molecule has 0 aliphatic carbocycles. The van der Waals surface area contributed by atoms with Crippen LogP contribution in [0.1, 0.15) is 11.3 Å². The topological polar surface area (TPSA) is 54.8 Å². The van der Waals surface area contributed by atoms with E-state index >= 15 is 0 Å². The van der Waals surface area contributed by atoms with Crippen molar-refractivity contribution in [2.75, 3.05) is 0 Å². The molecule has 0 saturated carbocycles. The number of benzene rings is 1. The molecule has 0 unspecified atom stereocenters. The van der Waals surface area contributed by atoms with Gasteiger partial charge in [0.15, 0.2) is 10.4 Å². The largest absolute Gasteiger partial charge is 0.457 e. The van der Waals surface area contributed by atoms with Gasteiger partial charge in [-0.2, -0.15) is 23.5 Å². The molecule has 0 fully saturated rings. The van der Waals surface area contributed by atoms with Crippen LogP contribution in [0.15, 0.2) is 39.7 Å². The van der Waals surface area contributed by atoms with Crippen molar-refractivity contribution in [2.24, 2.45) is 0 Å². The molecule has 0 radical (unpaired) electrons. The van der Waals surface area contributed by atoms with E-state index in [0.717, 1.165) is 16.8 Å². The SMILES string of the molecule is N#Cc1nn(-c2c(Cl)cc(C(F)(F)F)cc2Cl)cc1-c1ccoc1Br. The Bertz CT molecular complexity index is 981. The maximum Gasteiger partial charge on any atom is 0.416 e. The number of nitriles is 1. The van der Waals surface area contributed by atoms with Crippen molar-refractivity contribution in [1.29, 1.82) is 5.26 Å². The average Bonchev–Trinajstić information content (AvgIpc) is 3.11. The number of hydrogen-bond donors (Lipinski definition) is 0. The third kappa shape index (κ3) is 3.27. The third-order valence-corrected chi connectivity index (χ3v) is 4.49. The van der Waals surface area contributed by atoms with Gasteiger partial charge in [0.25, 0.3) is 0 Å². The maximum absolute atomic E-state index is 12.8. The Morgan fingerprint density at radius 1 is 1.20 bits per heavy atom. The Hall–Kier alpha value is -1.95. The lowest BCUT2D eigenvalue weighted by Gasteiger charge is -2.12. The Morgan fingerprint density at radius 2 is 1.84 bits per heavy atom. The second kappa shape index (κ2) is 6.41. The molecule has 0 amide bonds. The van der Waals surface area contributed by atoms with E-state index in [-0.39, 0.29) is 21.4 Å². The van der Waals surface area contributed by atoms with Crippen LogP contribution in [0.2, 0.25) is 10.0 Å². The van der Waals surface area contributed by atoms with E-state index in [2.05, 4.69) is 21.0 Å². The van der Waals surface area contributed by atoms with Crippen LogP contribution in [-0.2, 0) is 6.18 Å². The quantitative estimate of drug-likeness (QED) is 0.474. The van der Waals surface area contributed by atoms with Crippen molar-refractivity contribution < 1.29 is 17.6 Å². The van der Waals surface area contributed by atoms with Crippen molar-refractivity contribution in [2.45, 2.75) is 6.18 Å². The summed E-state index contributed by atoms with van der Waals surface area (Å²) < 4.78 is 45.2. The number of alkyl halides is 3. The Balaban J connectivity index is 2.17. The van der Waals surface area contributed by atoms with Crippen LogP contribution in [-0.4, -0.2) is 9.78 Å².